The van der Waals surface area contributed by atoms with E-state index in [1.807, 2.05) is 13.0 Å². The van der Waals surface area contributed by atoms with E-state index < -0.39 is 0 Å². The molecule has 0 saturated heterocycles. The highest BCUT2D eigenvalue weighted by atomic mass is 32.1. The van der Waals surface area contributed by atoms with Gasteiger partial charge in [-0.05, 0) is 31.4 Å². The lowest BCUT2D eigenvalue weighted by Gasteiger charge is -2.29. The van der Waals surface area contributed by atoms with Gasteiger partial charge in [0.05, 0.1) is 17.7 Å². The number of nitrogens with one attached hydrogen (secondary N) is 1. The molecule has 0 spiro atoms. The van der Waals surface area contributed by atoms with Crippen LogP contribution < -0.4 is 11.1 Å². The number of aromatic nitrogens is 1. The van der Waals surface area contributed by atoms with Crippen LogP contribution in [0.15, 0.2) is 12.3 Å². The molecule has 1 fully saturated rings. The molecule has 2 unspecified atom stereocenters. The summed E-state index contributed by atoms with van der Waals surface area (Å²) in [5.74, 6) is 0.688. The van der Waals surface area contributed by atoms with Gasteiger partial charge >= 0.3 is 0 Å². The van der Waals surface area contributed by atoms with Gasteiger partial charge in [-0.1, -0.05) is 25.1 Å². The summed E-state index contributed by atoms with van der Waals surface area (Å²) in [6.45, 7) is 1.96. The van der Waals surface area contributed by atoms with E-state index in [1.54, 1.807) is 6.20 Å². The van der Waals surface area contributed by atoms with Crippen molar-refractivity contribution in [3.05, 3.63) is 23.4 Å². The average Bonchev–Trinajstić information content (AvgIpc) is 2.31. The first-order valence-corrected chi connectivity index (χ1v) is 6.70. The number of aliphatic hydroxyl groups is 1. The van der Waals surface area contributed by atoms with Gasteiger partial charge in [-0.25, -0.2) is 4.98 Å². The largest absolute Gasteiger partial charge is 0.391 e. The smallest absolute Gasteiger partial charge is 0.136 e. The molecular formula is C13H19N3OS. The van der Waals surface area contributed by atoms with E-state index >= 15 is 0 Å². The number of aryl methyl sites for hydroxylation is 1. The maximum atomic E-state index is 9.97. The molecule has 1 aliphatic rings. The fraction of sp³-hybridized carbons (Fsp3) is 0.538. The minimum atomic E-state index is -0.319. The molecule has 98 valence electrons. The van der Waals surface area contributed by atoms with Crippen LogP contribution in [-0.2, 0) is 0 Å². The topological polar surface area (TPSA) is 71.2 Å². The van der Waals surface area contributed by atoms with Gasteiger partial charge in [0.1, 0.15) is 10.8 Å². The van der Waals surface area contributed by atoms with Crippen molar-refractivity contribution in [1.82, 2.24) is 4.98 Å². The molecule has 0 aromatic carbocycles. The second-order valence-electron chi connectivity index (χ2n) is 4.82. The molecule has 0 aliphatic heterocycles. The fourth-order valence-corrected chi connectivity index (χ4v) is 2.69. The molecule has 1 aliphatic carbocycles. The monoisotopic (exact) mass is 265 g/mol. The Bertz CT molecular complexity index is 450. The third-order valence-corrected chi connectivity index (χ3v) is 3.66. The Morgan fingerprint density at radius 3 is 2.89 bits per heavy atom. The van der Waals surface area contributed by atoms with Crippen LogP contribution in [0.5, 0.6) is 0 Å². The number of aliphatic hydroxyl groups excluding tert-OH is 1. The molecule has 1 aromatic rings. The van der Waals surface area contributed by atoms with E-state index in [-0.39, 0.29) is 12.1 Å². The molecule has 18 heavy (non-hydrogen) atoms. The number of anilines is 1. The van der Waals surface area contributed by atoms with Crippen molar-refractivity contribution in [2.45, 2.75) is 44.8 Å². The van der Waals surface area contributed by atoms with E-state index in [9.17, 15) is 5.11 Å². The van der Waals surface area contributed by atoms with Gasteiger partial charge in [-0.2, -0.15) is 0 Å². The van der Waals surface area contributed by atoms with Crippen LogP contribution in [0.4, 0.5) is 5.82 Å². The number of hydrogen-bond acceptors (Lipinski definition) is 4. The van der Waals surface area contributed by atoms with Crippen LogP contribution in [0.1, 0.15) is 36.8 Å². The van der Waals surface area contributed by atoms with Crippen LogP contribution in [0.3, 0.4) is 0 Å². The third kappa shape index (κ3) is 2.79. The first kappa shape index (κ1) is 13.2. The summed E-state index contributed by atoms with van der Waals surface area (Å²) in [7, 11) is 0. The Hall–Kier alpha value is -1.20. The predicted octanol–water partition coefficient (Wildman–Crippen LogP) is 1.74. The summed E-state index contributed by atoms with van der Waals surface area (Å²) in [6, 6.07) is 1.93. The Morgan fingerprint density at radius 1 is 1.50 bits per heavy atom. The highest BCUT2D eigenvalue weighted by Crippen LogP contribution is 2.24. The van der Waals surface area contributed by atoms with Gasteiger partial charge in [0.2, 0.25) is 0 Å². The second kappa shape index (κ2) is 5.63. The van der Waals surface area contributed by atoms with E-state index in [2.05, 4.69) is 10.3 Å². The van der Waals surface area contributed by atoms with Crippen molar-refractivity contribution in [2.24, 2.45) is 5.73 Å². The zero-order valence-electron chi connectivity index (χ0n) is 10.5. The lowest BCUT2D eigenvalue weighted by atomic mass is 9.92. The lowest BCUT2D eigenvalue weighted by molar-refractivity contribution is 0.116. The van der Waals surface area contributed by atoms with E-state index in [4.69, 9.17) is 18.0 Å². The number of rotatable bonds is 3. The summed E-state index contributed by atoms with van der Waals surface area (Å²) in [5, 5.41) is 13.3. The van der Waals surface area contributed by atoms with E-state index in [0.717, 1.165) is 36.8 Å². The van der Waals surface area contributed by atoms with Gasteiger partial charge < -0.3 is 16.2 Å². The lowest BCUT2D eigenvalue weighted by Crippen LogP contribution is -2.37. The van der Waals surface area contributed by atoms with Gasteiger partial charge in [0, 0.05) is 6.20 Å². The molecule has 1 aromatic heterocycles. The van der Waals surface area contributed by atoms with Gasteiger partial charge in [0.25, 0.3) is 0 Å². The molecular weight excluding hydrogens is 246 g/mol. The molecule has 4 nitrogen and oxygen atoms in total. The molecule has 5 heteroatoms. The Labute approximate surface area is 113 Å². The quantitative estimate of drug-likeness (QED) is 0.726. The van der Waals surface area contributed by atoms with Crippen molar-refractivity contribution in [1.29, 1.82) is 0 Å². The zero-order valence-corrected chi connectivity index (χ0v) is 11.3. The number of pyridine rings is 1. The molecule has 0 bridgehead atoms. The number of nitrogens with zero attached hydrogens (tertiary/aromatic N) is 1. The molecule has 2 rings (SSSR count). The van der Waals surface area contributed by atoms with Crippen molar-refractivity contribution in [2.75, 3.05) is 5.32 Å². The average molecular weight is 265 g/mol. The second-order valence-corrected chi connectivity index (χ2v) is 5.26. The summed E-state index contributed by atoms with van der Waals surface area (Å²) in [6.07, 6.45) is 5.42. The maximum absolute atomic E-state index is 9.97. The summed E-state index contributed by atoms with van der Waals surface area (Å²) in [5.41, 5.74) is 7.53. The highest BCUT2D eigenvalue weighted by Gasteiger charge is 2.24. The molecule has 1 saturated carbocycles. The van der Waals surface area contributed by atoms with Crippen LogP contribution in [0.2, 0.25) is 0 Å². The zero-order chi connectivity index (χ0) is 13.1. The minimum absolute atomic E-state index is 0.0427. The highest BCUT2D eigenvalue weighted by molar-refractivity contribution is 7.80. The Balaban J connectivity index is 2.23. The van der Waals surface area contributed by atoms with Gasteiger partial charge in [-0.15, -0.1) is 0 Å². The molecule has 4 N–H and O–H groups in total. The molecule has 0 radical (unpaired) electrons. The number of hydrogen-bond donors (Lipinski definition) is 3. The molecule has 2 atom stereocenters. The molecule has 0 amide bonds. The first-order valence-electron chi connectivity index (χ1n) is 6.29. The van der Waals surface area contributed by atoms with Gasteiger partial charge in [0.15, 0.2) is 0 Å². The van der Waals surface area contributed by atoms with Crippen LogP contribution >= 0.6 is 12.2 Å². The fourth-order valence-electron chi connectivity index (χ4n) is 2.43. The van der Waals surface area contributed by atoms with Gasteiger partial charge in [-0.3, -0.25) is 0 Å². The minimum Gasteiger partial charge on any atom is -0.391 e. The predicted molar refractivity (Wildman–Crippen MR) is 76.7 cm³/mol. The van der Waals surface area contributed by atoms with Crippen molar-refractivity contribution < 1.29 is 5.11 Å². The van der Waals surface area contributed by atoms with E-state index in [1.165, 1.54) is 0 Å². The van der Waals surface area contributed by atoms with E-state index in [0.29, 0.717) is 10.8 Å². The maximum Gasteiger partial charge on any atom is 0.136 e. The Kier molecular flexibility index (Phi) is 4.14. The van der Waals surface area contributed by atoms with Crippen LogP contribution in [0, 0.1) is 6.92 Å². The first-order chi connectivity index (χ1) is 8.59. The third-order valence-electron chi connectivity index (χ3n) is 3.46. The van der Waals surface area contributed by atoms with Crippen molar-refractivity contribution >= 4 is 23.0 Å². The van der Waals surface area contributed by atoms with Crippen molar-refractivity contribution in [3.63, 3.8) is 0 Å². The molecule has 1 heterocycles. The van der Waals surface area contributed by atoms with Crippen LogP contribution in [-0.4, -0.2) is 27.2 Å². The normalized spacial score (nSPS) is 23.7. The Morgan fingerprint density at radius 2 is 2.22 bits per heavy atom. The SMILES string of the molecule is Cc1ccnc(NC2CCCCC2O)c1C(N)=S. The summed E-state index contributed by atoms with van der Waals surface area (Å²) in [4.78, 5) is 4.64. The van der Waals surface area contributed by atoms with Crippen LogP contribution in [0.25, 0.3) is 0 Å². The van der Waals surface area contributed by atoms with Crippen molar-refractivity contribution in [3.8, 4) is 0 Å². The number of thiocarbonyl (C=S) groups is 1. The standard InChI is InChI=1S/C13H19N3OS/c1-8-6-7-15-13(11(8)12(14)18)16-9-4-2-3-5-10(9)17/h6-7,9-10,17H,2-5H2,1H3,(H2,14,18)(H,15,16). The summed E-state index contributed by atoms with van der Waals surface area (Å²) < 4.78 is 0. The number of nitrogens with two attached hydrogens (primary N) is 1. The summed E-state index contributed by atoms with van der Waals surface area (Å²) >= 11 is 5.07.